The molecule has 1 heterocycles. The van der Waals surface area contributed by atoms with Gasteiger partial charge in [0.1, 0.15) is 11.0 Å². The van der Waals surface area contributed by atoms with Gasteiger partial charge in [0, 0.05) is 0 Å². The summed E-state index contributed by atoms with van der Waals surface area (Å²) in [7, 11) is 0. The molecule has 1 aliphatic carbocycles. The molecule has 2 aliphatic rings. The van der Waals surface area contributed by atoms with Gasteiger partial charge in [0.25, 0.3) is 0 Å². The summed E-state index contributed by atoms with van der Waals surface area (Å²) in [5.74, 6) is 0.511. The van der Waals surface area contributed by atoms with E-state index in [-0.39, 0.29) is 17.0 Å². The Morgan fingerprint density at radius 3 is 2.35 bits per heavy atom. The molecule has 0 bridgehead atoms. The number of carbonyl (C=O) groups is 1. The predicted molar refractivity (Wildman–Crippen MR) is 79.3 cm³/mol. The van der Waals surface area contributed by atoms with Gasteiger partial charge in [-0.25, -0.2) is 0 Å². The zero-order chi connectivity index (χ0) is 14.2. The minimum Gasteiger partial charge on any atom is -0.457 e. The lowest BCUT2D eigenvalue weighted by atomic mass is 9.58. The fourth-order valence-electron chi connectivity index (χ4n) is 4.01. The lowest BCUT2D eigenvalue weighted by Crippen LogP contribution is -2.68. The Labute approximate surface area is 121 Å². The first kappa shape index (κ1) is 13.7. The van der Waals surface area contributed by atoms with E-state index in [4.69, 9.17) is 4.74 Å². The number of ether oxygens (including phenoxy) is 1. The van der Waals surface area contributed by atoms with Gasteiger partial charge in [-0.05, 0) is 44.6 Å². The van der Waals surface area contributed by atoms with Crippen molar-refractivity contribution in [1.29, 1.82) is 0 Å². The second-order valence-electron chi connectivity index (χ2n) is 6.83. The number of rotatable bonds is 3. The molecule has 1 aliphatic heterocycles. The molecule has 1 saturated carbocycles. The Bertz CT molecular complexity index is 489. The van der Waals surface area contributed by atoms with Crippen molar-refractivity contribution < 1.29 is 9.53 Å². The van der Waals surface area contributed by atoms with E-state index in [1.165, 1.54) is 37.7 Å². The molecule has 3 rings (SSSR count). The van der Waals surface area contributed by atoms with E-state index in [1.54, 1.807) is 0 Å². The van der Waals surface area contributed by atoms with Crippen molar-refractivity contribution in [3.8, 4) is 0 Å². The van der Waals surface area contributed by atoms with Crippen molar-refractivity contribution in [3.63, 3.8) is 0 Å². The van der Waals surface area contributed by atoms with E-state index < -0.39 is 0 Å². The van der Waals surface area contributed by atoms with E-state index in [9.17, 15) is 4.79 Å². The molecule has 1 saturated heterocycles. The molecule has 0 radical (unpaired) electrons. The summed E-state index contributed by atoms with van der Waals surface area (Å²) in [6.07, 6.45) is 7.08. The van der Waals surface area contributed by atoms with Crippen LogP contribution in [0.2, 0.25) is 0 Å². The highest BCUT2D eigenvalue weighted by molar-refractivity contribution is 5.85. The smallest absolute Gasteiger partial charge is 0.316 e. The Hall–Kier alpha value is -1.31. The van der Waals surface area contributed by atoms with Crippen molar-refractivity contribution in [1.82, 2.24) is 0 Å². The van der Waals surface area contributed by atoms with Gasteiger partial charge in [-0.1, -0.05) is 49.6 Å². The fourth-order valence-corrected chi connectivity index (χ4v) is 4.01. The van der Waals surface area contributed by atoms with Crippen LogP contribution in [0.1, 0.15) is 51.5 Å². The van der Waals surface area contributed by atoms with Crippen LogP contribution in [0.5, 0.6) is 0 Å². The third-order valence-electron chi connectivity index (χ3n) is 5.64. The van der Waals surface area contributed by atoms with Crippen LogP contribution in [-0.4, -0.2) is 11.6 Å². The van der Waals surface area contributed by atoms with Crippen molar-refractivity contribution >= 4 is 5.97 Å². The van der Waals surface area contributed by atoms with Gasteiger partial charge in [-0.2, -0.15) is 0 Å². The largest absolute Gasteiger partial charge is 0.457 e. The standard InChI is InChI=1S/C18H24O2/c1-17(13-14-9-5-3-6-10-14)16(19)20-18(17,2)15-11-7-4-8-12-15/h3,5-6,9-10,15H,4,7-8,11-13H2,1-2H3/t17-,18-/m1/s1. The molecule has 2 atom stereocenters. The highest BCUT2D eigenvalue weighted by Gasteiger charge is 2.65. The molecule has 0 unspecified atom stereocenters. The molecule has 0 amide bonds. The van der Waals surface area contributed by atoms with E-state index in [0.717, 1.165) is 6.42 Å². The van der Waals surface area contributed by atoms with Crippen LogP contribution < -0.4 is 0 Å². The van der Waals surface area contributed by atoms with Gasteiger partial charge < -0.3 is 4.74 Å². The Balaban J connectivity index is 1.83. The average molecular weight is 272 g/mol. The van der Waals surface area contributed by atoms with Gasteiger partial charge >= 0.3 is 5.97 Å². The van der Waals surface area contributed by atoms with Gasteiger partial charge in [0.05, 0.1) is 0 Å². The maximum Gasteiger partial charge on any atom is 0.316 e. The minimum absolute atomic E-state index is 0.0190. The summed E-state index contributed by atoms with van der Waals surface area (Å²) in [4.78, 5) is 12.2. The predicted octanol–water partition coefficient (Wildman–Crippen LogP) is 4.13. The first-order valence-corrected chi connectivity index (χ1v) is 7.84. The number of benzene rings is 1. The highest BCUT2D eigenvalue weighted by atomic mass is 16.6. The highest BCUT2D eigenvalue weighted by Crippen LogP contribution is 2.55. The van der Waals surface area contributed by atoms with E-state index in [2.05, 4.69) is 26.0 Å². The zero-order valence-corrected chi connectivity index (χ0v) is 12.5. The topological polar surface area (TPSA) is 26.3 Å². The van der Waals surface area contributed by atoms with Crippen LogP contribution in [0.3, 0.4) is 0 Å². The van der Waals surface area contributed by atoms with Crippen molar-refractivity contribution in [2.24, 2.45) is 11.3 Å². The average Bonchev–Trinajstić information content (AvgIpc) is 2.49. The molecule has 2 fully saturated rings. The maximum atomic E-state index is 12.2. The third-order valence-corrected chi connectivity index (χ3v) is 5.64. The molecule has 0 aromatic heterocycles. The number of esters is 1. The zero-order valence-electron chi connectivity index (χ0n) is 12.5. The Kier molecular flexibility index (Phi) is 3.35. The summed E-state index contributed by atoms with van der Waals surface area (Å²) in [6, 6.07) is 10.3. The quantitative estimate of drug-likeness (QED) is 0.773. The Morgan fingerprint density at radius 2 is 1.75 bits per heavy atom. The summed E-state index contributed by atoms with van der Waals surface area (Å²) < 4.78 is 5.71. The molecule has 2 heteroatoms. The summed E-state index contributed by atoms with van der Waals surface area (Å²) >= 11 is 0. The molecule has 108 valence electrons. The van der Waals surface area contributed by atoms with Crippen LogP contribution in [0.25, 0.3) is 0 Å². The number of carbonyl (C=O) groups excluding carboxylic acids is 1. The van der Waals surface area contributed by atoms with Crippen LogP contribution in [-0.2, 0) is 16.0 Å². The molecular formula is C18H24O2. The normalized spacial score (nSPS) is 34.4. The van der Waals surface area contributed by atoms with E-state index >= 15 is 0 Å². The number of hydrogen-bond acceptors (Lipinski definition) is 2. The first-order valence-electron chi connectivity index (χ1n) is 7.84. The van der Waals surface area contributed by atoms with Gasteiger partial charge in [0.2, 0.25) is 0 Å². The number of cyclic esters (lactones) is 1. The Morgan fingerprint density at radius 1 is 1.10 bits per heavy atom. The molecule has 20 heavy (non-hydrogen) atoms. The van der Waals surface area contributed by atoms with Crippen molar-refractivity contribution in [3.05, 3.63) is 35.9 Å². The van der Waals surface area contributed by atoms with Crippen LogP contribution >= 0.6 is 0 Å². The fraction of sp³-hybridized carbons (Fsp3) is 0.611. The summed E-state index contributed by atoms with van der Waals surface area (Å²) in [5, 5.41) is 0. The van der Waals surface area contributed by atoms with Crippen LogP contribution in [0, 0.1) is 11.3 Å². The lowest BCUT2D eigenvalue weighted by Gasteiger charge is -2.57. The van der Waals surface area contributed by atoms with Gasteiger partial charge in [-0.3, -0.25) is 4.79 Å². The molecule has 0 N–H and O–H groups in total. The van der Waals surface area contributed by atoms with Crippen molar-refractivity contribution in [2.45, 2.75) is 58.0 Å². The monoisotopic (exact) mass is 272 g/mol. The maximum absolute atomic E-state index is 12.2. The molecule has 1 aromatic rings. The van der Waals surface area contributed by atoms with Crippen molar-refractivity contribution in [2.75, 3.05) is 0 Å². The molecule has 0 spiro atoms. The van der Waals surface area contributed by atoms with E-state index in [1.807, 2.05) is 18.2 Å². The third kappa shape index (κ3) is 1.97. The second-order valence-corrected chi connectivity index (χ2v) is 6.83. The lowest BCUT2D eigenvalue weighted by molar-refractivity contribution is -0.252. The summed E-state index contributed by atoms with van der Waals surface area (Å²) in [6.45, 7) is 4.26. The summed E-state index contributed by atoms with van der Waals surface area (Å²) in [5.41, 5.74) is 0.588. The minimum atomic E-state index is -0.365. The first-order chi connectivity index (χ1) is 9.56. The SMILES string of the molecule is C[C@@]1(Cc2ccccc2)C(=O)O[C@]1(C)C1CCCCC1. The molecule has 2 nitrogen and oxygen atoms in total. The van der Waals surface area contributed by atoms with Crippen LogP contribution in [0.4, 0.5) is 0 Å². The molecule has 1 aromatic carbocycles. The van der Waals surface area contributed by atoms with Crippen LogP contribution in [0.15, 0.2) is 30.3 Å². The molecular weight excluding hydrogens is 248 g/mol. The van der Waals surface area contributed by atoms with E-state index in [0.29, 0.717) is 5.92 Å². The second kappa shape index (κ2) is 4.91. The van der Waals surface area contributed by atoms with Gasteiger partial charge in [0.15, 0.2) is 0 Å². The van der Waals surface area contributed by atoms with Gasteiger partial charge in [-0.15, -0.1) is 0 Å². The number of hydrogen-bond donors (Lipinski definition) is 0.